The van der Waals surface area contributed by atoms with Crippen LogP contribution in [0.4, 0.5) is 11.4 Å². The van der Waals surface area contributed by atoms with Crippen molar-refractivity contribution in [1.82, 2.24) is 4.90 Å². The highest BCUT2D eigenvalue weighted by Crippen LogP contribution is 2.37. The van der Waals surface area contributed by atoms with E-state index in [2.05, 4.69) is 13.0 Å². The molecule has 0 fully saturated rings. The van der Waals surface area contributed by atoms with E-state index < -0.39 is 0 Å². The van der Waals surface area contributed by atoms with Gasteiger partial charge in [-0.1, -0.05) is 62.4 Å². The maximum absolute atomic E-state index is 13.5. The molecule has 3 aliphatic rings. The second-order valence-electron chi connectivity index (χ2n) is 8.23. The van der Waals surface area contributed by atoms with E-state index in [0.29, 0.717) is 30.4 Å². The summed E-state index contributed by atoms with van der Waals surface area (Å²) in [6.07, 6.45) is 3.11. The van der Waals surface area contributed by atoms with Crippen molar-refractivity contribution < 1.29 is 9.59 Å². The molecule has 3 aliphatic heterocycles. The first kappa shape index (κ1) is 20.9. The Balaban J connectivity index is 1.46. The lowest BCUT2D eigenvalue weighted by atomic mass is 10.1. The van der Waals surface area contributed by atoms with Crippen molar-refractivity contribution in [2.24, 2.45) is 9.98 Å². The first-order valence-corrected chi connectivity index (χ1v) is 12.2. The molecule has 0 saturated heterocycles. The number of carbonyl (C=O) groups is 2. The lowest BCUT2D eigenvalue weighted by Crippen LogP contribution is -2.43. The third-order valence-electron chi connectivity index (χ3n) is 6.16. The molecular weight excluding hydrogens is 420 g/mol. The number of nitrogens with zero attached hydrogens (tertiary/aromatic N) is 4. The third kappa shape index (κ3) is 3.45. The Labute approximate surface area is 192 Å². The molecule has 0 N–H and O–H groups in total. The number of para-hydroxylation sites is 2. The normalized spacial score (nSPS) is 19.8. The molecule has 0 radical (unpaired) electrons. The summed E-state index contributed by atoms with van der Waals surface area (Å²) in [5.74, 6) is 0.686. The Hall–Kier alpha value is -2.93. The van der Waals surface area contributed by atoms with Gasteiger partial charge >= 0.3 is 0 Å². The van der Waals surface area contributed by atoms with Gasteiger partial charge < -0.3 is 4.90 Å². The van der Waals surface area contributed by atoms with Crippen LogP contribution < -0.4 is 4.90 Å². The zero-order valence-corrected chi connectivity index (χ0v) is 19.1. The van der Waals surface area contributed by atoms with Gasteiger partial charge in [-0.3, -0.25) is 14.6 Å². The highest BCUT2D eigenvalue weighted by molar-refractivity contribution is 8.15. The molecule has 0 saturated carbocycles. The summed E-state index contributed by atoms with van der Waals surface area (Å²) in [4.78, 5) is 39.8. The average molecular weight is 447 g/mol. The van der Waals surface area contributed by atoms with Crippen LogP contribution in [0.25, 0.3) is 0 Å². The minimum Gasteiger partial charge on any atom is -0.311 e. The number of fused-ring (bicyclic) bond motifs is 4. The van der Waals surface area contributed by atoms with Gasteiger partial charge in [-0.15, -0.1) is 0 Å². The predicted octanol–water partition coefficient (Wildman–Crippen LogP) is 4.55. The lowest BCUT2D eigenvalue weighted by molar-refractivity contribution is -0.124. The number of aliphatic imine (C=N–C) groups is 2. The quantitative estimate of drug-likeness (QED) is 0.677. The van der Waals surface area contributed by atoms with Crippen molar-refractivity contribution in [1.29, 1.82) is 0 Å². The Morgan fingerprint density at radius 2 is 1.94 bits per heavy atom. The molecule has 2 aromatic rings. The number of benzene rings is 2. The van der Waals surface area contributed by atoms with Crippen LogP contribution in [-0.4, -0.2) is 45.6 Å². The van der Waals surface area contributed by atoms with Crippen LogP contribution in [0.3, 0.4) is 0 Å². The molecule has 3 heterocycles. The van der Waals surface area contributed by atoms with Crippen molar-refractivity contribution in [2.45, 2.75) is 50.8 Å². The van der Waals surface area contributed by atoms with Gasteiger partial charge in [0.2, 0.25) is 5.91 Å². The number of amides is 2. The highest BCUT2D eigenvalue weighted by atomic mass is 32.2. The van der Waals surface area contributed by atoms with Gasteiger partial charge in [-0.25, -0.2) is 9.89 Å². The van der Waals surface area contributed by atoms with Gasteiger partial charge in [0, 0.05) is 17.8 Å². The van der Waals surface area contributed by atoms with Crippen molar-refractivity contribution in [3.05, 3.63) is 59.7 Å². The minimum absolute atomic E-state index is 0.0450. The fraction of sp³-hybridized carbons (Fsp3) is 0.360. The maximum atomic E-state index is 13.5. The Morgan fingerprint density at radius 3 is 2.75 bits per heavy atom. The van der Waals surface area contributed by atoms with Gasteiger partial charge in [0.1, 0.15) is 11.9 Å². The lowest BCUT2D eigenvalue weighted by Gasteiger charge is -2.29. The smallest absolute Gasteiger partial charge is 0.259 e. The van der Waals surface area contributed by atoms with E-state index in [4.69, 9.17) is 9.98 Å². The summed E-state index contributed by atoms with van der Waals surface area (Å²) in [7, 11) is 0. The van der Waals surface area contributed by atoms with Crippen LogP contribution >= 0.6 is 11.8 Å². The number of amidine groups is 2. The molecule has 0 spiro atoms. The van der Waals surface area contributed by atoms with Crippen LogP contribution in [-0.2, 0) is 16.0 Å². The molecule has 32 heavy (non-hydrogen) atoms. The van der Waals surface area contributed by atoms with Crippen LogP contribution in [0.1, 0.15) is 44.2 Å². The first-order chi connectivity index (χ1) is 15.6. The summed E-state index contributed by atoms with van der Waals surface area (Å²) in [5.41, 5.74) is 3.87. The second-order valence-corrected chi connectivity index (χ2v) is 9.40. The largest absolute Gasteiger partial charge is 0.311 e. The van der Waals surface area contributed by atoms with Crippen molar-refractivity contribution in [3.8, 4) is 0 Å². The molecule has 2 atom stereocenters. The number of rotatable bonds is 5. The van der Waals surface area contributed by atoms with Crippen molar-refractivity contribution >= 4 is 46.0 Å². The Bertz CT molecular complexity index is 1140. The van der Waals surface area contributed by atoms with Gasteiger partial charge in [0.25, 0.3) is 5.91 Å². The highest BCUT2D eigenvalue weighted by Gasteiger charge is 2.42. The predicted molar refractivity (Wildman–Crippen MR) is 130 cm³/mol. The summed E-state index contributed by atoms with van der Waals surface area (Å²) in [6, 6.07) is 15.5. The van der Waals surface area contributed by atoms with Gasteiger partial charge in [0.05, 0.1) is 10.9 Å². The van der Waals surface area contributed by atoms with Crippen LogP contribution in [0.5, 0.6) is 0 Å². The SMILES string of the molecule is CCC[C@H]1N=C2c3ccccc3N=C(S[C@@H](CC)C(=O)N3CCc4ccccc43)N2C1=O. The topological polar surface area (TPSA) is 65.3 Å². The Kier molecular flexibility index (Phi) is 5.59. The molecule has 2 aromatic carbocycles. The number of hydrogen-bond donors (Lipinski definition) is 0. The molecule has 0 bridgehead atoms. The first-order valence-electron chi connectivity index (χ1n) is 11.3. The summed E-state index contributed by atoms with van der Waals surface area (Å²) in [6.45, 7) is 4.76. The van der Waals surface area contributed by atoms with E-state index in [9.17, 15) is 9.59 Å². The molecule has 7 heteroatoms. The fourth-order valence-corrected chi connectivity index (χ4v) is 5.60. The summed E-state index contributed by atoms with van der Waals surface area (Å²) >= 11 is 1.38. The van der Waals surface area contributed by atoms with Crippen LogP contribution in [0.15, 0.2) is 58.5 Å². The van der Waals surface area contributed by atoms with Gasteiger partial charge in [-0.2, -0.15) is 0 Å². The molecule has 6 nitrogen and oxygen atoms in total. The van der Waals surface area contributed by atoms with E-state index in [1.165, 1.54) is 17.3 Å². The fourth-order valence-electron chi connectivity index (χ4n) is 4.52. The number of hydrogen-bond acceptors (Lipinski definition) is 5. The van der Waals surface area contributed by atoms with E-state index in [1.807, 2.05) is 54.3 Å². The van der Waals surface area contributed by atoms with E-state index in [1.54, 1.807) is 4.90 Å². The van der Waals surface area contributed by atoms with Crippen molar-refractivity contribution in [2.75, 3.05) is 11.4 Å². The average Bonchev–Trinajstić information content (AvgIpc) is 3.39. The molecule has 164 valence electrons. The zero-order chi connectivity index (χ0) is 22.2. The summed E-state index contributed by atoms with van der Waals surface area (Å²) < 4.78 is 0. The molecule has 0 aliphatic carbocycles. The van der Waals surface area contributed by atoms with E-state index >= 15 is 0 Å². The third-order valence-corrected chi connectivity index (χ3v) is 7.46. The maximum Gasteiger partial charge on any atom is 0.259 e. The molecule has 0 unspecified atom stereocenters. The monoisotopic (exact) mass is 446 g/mol. The summed E-state index contributed by atoms with van der Waals surface area (Å²) in [5, 5.41) is 0.225. The Morgan fingerprint density at radius 1 is 1.16 bits per heavy atom. The molecule has 2 amide bonds. The van der Waals surface area contributed by atoms with Crippen molar-refractivity contribution in [3.63, 3.8) is 0 Å². The standard InChI is InChI=1S/C25H26N4O2S/c1-3-9-19-23(30)29-22(26-19)17-11-6-7-12-18(17)27-25(29)32-21(4-2)24(31)28-15-14-16-10-5-8-13-20(16)28/h5-8,10-13,19,21H,3-4,9,14-15H2,1-2H3/t19-,21+/m1/s1. The van der Waals surface area contributed by atoms with E-state index in [0.717, 1.165) is 29.8 Å². The van der Waals surface area contributed by atoms with Crippen LogP contribution in [0.2, 0.25) is 0 Å². The molecule has 5 rings (SSSR count). The van der Waals surface area contributed by atoms with E-state index in [-0.39, 0.29) is 23.1 Å². The number of anilines is 1. The minimum atomic E-state index is -0.381. The molecular formula is C25H26N4O2S. The van der Waals surface area contributed by atoms with Gasteiger partial charge in [-0.05, 0) is 43.0 Å². The number of thioether (sulfide) groups is 1. The molecule has 0 aromatic heterocycles. The van der Waals surface area contributed by atoms with Crippen LogP contribution in [0, 0.1) is 0 Å². The second kappa shape index (κ2) is 8.54. The zero-order valence-electron chi connectivity index (χ0n) is 18.3. The number of carbonyl (C=O) groups excluding carboxylic acids is 2. The van der Waals surface area contributed by atoms with Gasteiger partial charge in [0.15, 0.2) is 5.17 Å².